The van der Waals surface area contributed by atoms with Crippen LogP contribution in [0.5, 0.6) is 0 Å². The molecular weight excluding hydrogens is 364 g/mol. The lowest BCUT2D eigenvalue weighted by atomic mass is 10.0. The monoisotopic (exact) mass is 396 g/mol. The molecule has 2 bridgehead atoms. The van der Waals surface area contributed by atoms with Crippen LogP contribution < -0.4 is 17.2 Å². The molecule has 0 radical (unpaired) electrons. The molecule has 1 aromatic carbocycles. The van der Waals surface area contributed by atoms with E-state index in [0.717, 1.165) is 24.1 Å². The SMILES string of the molecule is CC(CN)CCCCCCN.NC(=O)c1ccc(C(=O)n2c3ccc2cc3)cc1. The molecule has 2 heterocycles. The topological polar surface area (TPSA) is 117 Å². The van der Waals surface area contributed by atoms with Crippen LogP contribution in [0.1, 0.15) is 59.7 Å². The fourth-order valence-corrected chi connectivity index (χ4v) is 3.15. The molecule has 3 rings (SSSR count). The summed E-state index contributed by atoms with van der Waals surface area (Å²) in [7, 11) is 0. The number of nitrogens with two attached hydrogens (primary N) is 3. The lowest BCUT2D eigenvalue weighted by Gasteiger charge is -2.06. The van der Waals surface area contributed by atoms with Gasteiger partial charge in [-0.15, -0.1) is 0 Å². The number of fused-ring (bicyclic) bond motifs is 2. The Morgan fingerprint density at radius 1 is 0.828 bits per heavy atom. The van der Waals surface area contributed by atoms with E-state index in [0.29, 0.717) is 17.0 Å². The number of hydrogen-bond donors (Lipinski definition) is 3. The van der Waals surface area contributed by atoms with E-state index in [9.17, 15) is 9.59 Å². The number of amides is 1. The second-order valence-corrected chi connectivity index (χ2v) is 7.43. The van der Waals surface area contributed by atoms with E-state index >= 15 is 0 Å². The molecule has 0 fully saturated rings. The van der Waals surface area contributed by atoms with Crippen molar-refractivity contribution in [2.24, 2.45) is 23.1 Å². The van der Waals surface area contributed by atoms with Crippen LogP contribution >= 0.6 is 0 Å². The molecule has 0 saturated carbocycles. The largest absolute Gasteiger partial charge is 0.366 e. The zero-order valence-corrected chi connectivity index (χ0v) is 17.1. The smallest absolute Gasteiger partial charge is 0.262 e. The zero-order chi connectivity index (χ0) is 21.2. The lowest BCUT2D eigenvalue weighted by Crippen LogP contribution is -2.13. The number of hydrogen-bond acceptors (Lipinski definition) is 4. The Hall–Kier alpha value is -2.70. The quantitative estimate of drug-likeness (QED) is 0.481. The molecule has 0 aliphatic heterocycles. The first-order chi connectivity index (χ1) is 14.0. The molecule has 6 nitrogen and oxygen atoms in total. The Bertz CT molecular complexity index is 838. The van der Waals surface area contributed by atoms with Crippen molar-refractivity contribution in [3.8, 4) is 0 Å². The van der Waals surface area contributed by atoms with E-state index in [-0.39, 0.29) is 5.91 Å². The molecule has 156 valence electrons. The van der Waals surface area contributed by atoms with Crippen molar-refractivity contribution in [3.63, 3.8) is 0 Å². The van der Waals surface area contributed by atoms with Crippen molar-refractivity contribution in [1.82, 2.24) is 4.57 Å². The van der Waals surface area contributed by atoms with Crippen LogP contribution in [0, 0.1) is 5.92 Å². The molecule has 2 aromatic heterocycles. The molecule has 0 spiro atoms. The van der Waals surface area contributed by atoms with Crippen molar-refractivity contribution in [3.05, 3.63) is 59.7 Å². The van der Waals surface area contributed by atoms with Crippen molar-refractivity contribution in [2.75, 3.05) is 13.1 Å². The van der Waals surface area contributed by atoms with Crippen LogP contribution in [-0.2, 0) is 0 Å². The minimum Gasteiger partial charge on any atom is -0.366 e. The third-order valence-electron chi connectivity index (χ3n) is 5.04. The molecule has 3 aromatic rings. The van der Waals surface area contributed by atoms with E-state index < -0.39 is 5.91 Å². The summed E-state index contributed by atoms with van der Waals surface area (Å²) in [5.41, 5.74) is 18.7. The van der Waals surface area contributed by atoms with E-state index in [2.05, 4.69) is 6.92 Å². The van der Waals surface area contributed by atoms with Gasteiger partial charge in [-0.2, -0.15) is 0 Å². The lowest BCUT2D eigenvalue weighted by molar-refractivity contribution is 0.0965. The molecule has 29 heavy (non-hydrogen) atoms. The Morgan fingerprint density at radius 3 is 1.83 bits per heavy atom. The maximum absolute atomic E-state index is 12.3. The third-order valence-corrected chi connectivity index (χ3v) is 5.04. The minimum absolute atomic E-state index is 0.106. The van der Waals surface area contributed by atoms with Gasteiger partial charge in [0.1, 0.15) is 0 Å². The summed E-state index contributed by atoms with van der Waals surface area (Å²) in [6, 6.07) is 13.9. The van der Waals surface area contributed by atoms with Gasteiger partial charge in [-0.1, -0.05) is 26.2 Å². The number of primary amides is 1. The number of carbonyl (C=O) groups is 2. The fraction of sp³-hybridized carbons (Fsp3) is 0.391. The van der Waals surface area contributed by atoms with Crippen LogP contribution in [0.15, 0.2) is 48.5 Å². The van der Waals surface area contributed by atoms with Crippen LogP contribution in [0.4, 0.5) is 0 Å². The maximum atomic E-state index is 12.3. The number of nitrogens with zero attached hydrogens (tertiary/aromatic N) is 1. The Kier molecular flexibility index (Phi) is 8.83. The van der Waals surface area contributed by atoms with Gasteiger partial charge in [0.15, 0.2) is 0 Å². The molecule has 1 amide bonds. The normalized spacial score (nSPS) is 11.8. The highest BCUT2D eigenvalue weighted by molar-refractivity contribution is 6.03. The van der Waals surface area contributed by atoms with Gasteiger partial charge in [0.05, 0.1) is 0 Å². The summed E-state index contributed by atoms with van der Waals surface area (Å²) < 4.78 is 1.64. The van der Waals surface area contributed by atoms with Crippen LogP contribution in [0.3, 0.4) is 0 Å². The minimum atomic E-state index is -0.498. The Balaban J connectivity index is 0.000000237. The van der Waals surface area contributed by atoms with Crippen LogP contribution in [0.2, 0.25) is 0 Å². The van der Waals surface area contributed by atoms with E-state index in [1.54, 1.807) is 28.8 Å². The molecule has 6 N–H and O–H groups in total. The summed E-state index contributed by atoms with van der Waals surface area (Å²) in [5.74, 6) is 0.0984. The van der Waals surface area contributed by atoms with Gasteiger partial charge in [-0.05, 0) is 80.4 Å². The fourth-order valence-electron chi connectivity index (χ4n) is 3.15. The highest BCUT2D eigenvalue weighted by Crippen LogP contribution is 2.19. The molecule has 0 saturated heterocycles. The van der Waals surface area contributed by atoms with Gasteiger partial charge in [0.25, 0.3) is 5.91 Å². The molecule has 1 unspecified atom stereocenters. The summed E-state index contributed by atoms with van der Waals surface area (Å²) >= 11 is 0. The number of unbranched alkanes of at least 4 members (excludes halogenated alkanes) is 3. The van der Waals surface area contributed by atoms with E-state index in [1.807, 2.05) is 24.3 Å². The third kappa shape index (κ3) is 6.41. The average Bonchev–Trinajstić information content (AvgIpc) is 3.34. The molecular formula is C23H32N4O2. The van der Waals surface area contributed by atoms with Crippen molar-refractivity contribution >= 4 is 22.8 Å². The van der Waals surface area contributed by atoms with Crippen molar-refractivity contribution < 1.29 is 9.59 Å². The van der Waals surface area contributed by atoms with Crippen LogP contribution in [-0.4, -0.2) is 29.5 Å². The molecule has 6 heteroatoms. The average molecular weight is 397 g/mol. The predicted octanol–water partition coefficient (Wildman–Crippen LogP) is 3.36. The van der Waals surface area contributed by atoms with Gasteiger partial charge in [-0.3, -0.25) is 14.2 Å². The summed E-state index contributed by atoms with van der Waals surface area (Å²) in [4.78, 5) is 23.2. The van der Waals surface area contributed by atoms with Gasteiger partial charge < -0.3 is 17.2 Å². The van der Waals surface area contributed by atoms with Gasteiger partial charge in [0.2, 0.25) is 5.91 Å². The second kappa shape index (κ2) is 11.3. The van der Waals surface area contributed by atoms with E-state index in [1.165, 1.54) is 32.1 Å². The molecule has 0 aliphatic carbocycles. The van der Waals surface area contributed by atoms with Crippen LogP contribution in [0.25, 0.3) is 11.0 Å². The van der Waals surface area contributed by atoms with Gasteiger partial charge >= 0.3 is 0 Å². The van der Waals surface area contributed by atoms with Gasteiger partial charge in [0, 0.05) is 22.2 Å². The standard InChI is InChI=1S/C14H10N2O2.C9H22N2/c15-13(17)9-1-3-10(4-2-9)14(18)16-11-5-6-12(16)8-7-11;1-9(8-11)6-4-2-3-5-7-10/h1-8H,(H2,15,17);9H,2-8,10-11H2,1H3. The highest BCUT2D eigenvalue weighted by atomic mass is 16.2. The number of benzene rings is 2. The number of rotatable bonds is 9. The zero-order valence-electron chi connectivity index (χ0n) is 17.1. The number of carbonyl (C=O) groups excluding carboxylic acids is 2. The Labute approximate surface area is 172 Å². The van der Waals surface area contributed by atoms with Gasteiger partial charge in [-0.25, -0.2) is 0 Å². The Morgan fingerprint density at radius 2 is 1.34 bits per heavy atom. The highest BCUT2D eigenvalue weighted by Gasteiger charge is 2.14. The summed E-state index contributed by atoms with van der Waals surface area (Å²) in [6.07, 6.45) is 6.38. The summed E-state index contributed by atoms with van der Waals surface area (Å²) in [6.45, 7) is 3.88. The van der Waals surface area contributed by atoms with Crippen molar-refractivity contribution in [2.45, 2.75) is 39.0 Å². The second-order valence-electron chi connectivity index (χ2n) is 7.43. The summed E-state index contributed by atoms with van der Waals surface area (Å²) in [5, 5.41) is 0. The molecule has 0 aliphatic rings. The van der Waals surface area contributed by atoms with E-state index in [4.69, 9.17) is 17.2 Å². The number of aromatic nitrogens is 1. The first-order valence-corrected chi connectivity index (χ1v) is 10.2. The predicted molar refractivity (Wildman–Crippen MR) is 118 cm³/mol. The molecule has 1 atom stereocenters. The van der Waals surface area contributed by atoms with Crippen molar-refractivity contribution in [1.29, 1.82) is 0 Å². The maximum Gasteiger partial charge on any atom is 0.262 e. The first kappa shape index (κ1) is 22.6. The first-order valence-electron chi connectivity index (χ1n) is 10.2.